The Balaban J connectivity index is 0.733. The third kappa shape index (κ3) is 8.91. The van der Waals surface area contributed by atoms with E-state index < -0.39 is 6.43 Å². The molecule has 4 aliphatic heterocycles. The number of nitrogens with zero attached hydrogens (tertiary/aromatic N) is 12. The highest BCUT2D eigenvalue weighted by Crippen LogP contribution is 2.56. The van der Waals surface area contributed by atoms with Crippen LogP contribution in [0.4, 0.5) is 26.2 Å². The number of rotatable bonds is 11. The molecule has 2 aromatic carbocycles. The van der Waals surface area contributed by atoms with Gasteiger partial charge in [-0.05, 0) is 67.1 Å². The second-order valence-electron chi connectivity index (χ2n) is 21.9. The molecule has 73 heavy (non-hydrogen) atoms. The quantitative estimate of drug-likeness (QED) is 0.134. The normalized spacial score (nSPS) is 21.4. The number of amides is 2. The Morgan fingerprint density at radius 2 is 1.70 bits per heavy atom. The van der Waals surface area contributed by atoms with Crippen molar-refractivity contribution in [1.82, 2.24) is 54.2 Å². The van der Waals surface area contributed by atoms with Gasteiger partial charge >= 0.3 is 0 Å². The molecule has 1 N–H and O–H groups in total. The number of aromatic nitrogens is 8. The average Bonchev–Trinajstić information content (AvgIpc) is 4.11. The number of halogens is 3. The van der Waals surface area contributed by atoms with Crippen LogP contribution in [-0.4, -0.2) is 112 Å². The van der Waals surface area contributed by atoms with E-state index in [0.717, 1.165) is 110 Å². The van der Waals surface area contributed by atoms with Crippen LogP contribution in [-0.2, 0) is 50.7 Å². The minimum atomic E-state index is -2.67. The number of anilines is 3. The number of imidazole rings is 1. The number of hydrogen-bond acceptors (Lipinski definition) is 11. The maximum absolute atomic E-state index is 14.8. The lowest BCUT2D eigenvalue weighted by molar-refractivity contribution is -0.164. The van der Waals surface area contributed by atoms with Crippen LogP contribution in [0.5, 0.6) is 5.75 Å². The molecule has 0 spiro atoms. The van der Waals surface area contributed by atoms with E-state index in [2.05, 4.69) is 72.0 Å². The summed E-state index contributed by atoms with van der Waals surface area (Å²) in [7, 11) is 1.79. The van der Waals surface area contributed by atoms with Crippen molar-refractivity contribution in [2.24, 2.45) is 17.9 Å². The highest BCUT2D eigenvalue weighted by atomic mass is 35.5. The Morgan fingerprint density at radius 3 is 2.40 bits per heavy atom. The molecule has 0 radical (unpaired) electrons. The zero-order chi connectivity index (χ0) is 51.1. The molecule has 1 saturated carbocycles. The molecular weight excluding hydrogens is 952 g/mol. The molecule has 2 fully saturated rings. The van der Waals surface area contributed by atoms with Crippen LogP contribution in [0.15, 0.2) is 61.3 Å². The van der Waals surface area contributed by atoms with Crippen LogP contribution >= 0.6 is 11.6 Å². The van der Waals surface area contributed by atoms with Gasteiger partial charge < -0.3 is 29.3 Å². The lowest BCUT2D eigenvalue weighted by Crippen LogP contribution is -2.74. The fraction of sp³-hybridized carbons (Fsp3) is 0.500. The predicted octanol–water partition coefficient (Wildman–Crippen LogP) is 8.28. The van der Waals surface area contributed by atoms with Crippen molar-refractivity contribution < 1.29 is 23.1 Å². The van der Waals surface area contributed by atoms with Crippen molar-refractivity contribution >= 4 is 40.9 Å². The average molecular weight is 1020 g/mol. The number of alkyl halides is 2. The van der Waals surface area contributed by atoms with Crippen LogP contribution in [0.1, 0.15) is 110 Å². The molecular formula is C54H64ClF2N13O3. The second-order valence-corrected chi connectivity index (χ2v) is 22.3. The lowest BCUT2D eigenvalue weighted by atomic mass is 9.49. The molecule has 1 aliphatic carbocycles. The van der Waals surface area contributed by atoms with Gasteiger partial charge in [0.05, 0.1) is 30.9 Å². The summed E-state index contributed by atoms with van der Waals surface area (Å²) < 4.78 is 42.3. The number of ether oxygens (including phenoxy) is 1. The van der Waals surface area contributed by atoms with Crippen LogP contribution in [0, 0.1) is 17.8 Å². The summed E-state index contributed by atoms with van der Waals surface area (Å²) in [5.41, 5.74) is 6.90. The Morgan fingerprint density at radius 1 is 0.932 bits per heavy atom. The summed E-state index contributed by atoms with van der Waals surface area (Å²) in [4.78, 5) is 49.2. The van der Waals surface area contributed by atoms with E-state index in [1.165, 1.54) is 0 Å². The molecule has 5 aliphatic rings. The second kappa shape index (κ2) is 18.8. The van der Waals surface area contributed by atoms with E-state index in [1.807, 2.05) is 42.3 Å². The van der Waals surface area contributed by atoms with E-state index in [1.54, 1.807) is 49.5 Å². The number of aryl methyl sites for hydroxylation is 3. The Bertz CT molecular complexity index is 3070. The van der Waals surface area contributed by atoms with Crippen molar-refractivity contribution in [2.45, 2.75) is 118 Å². The first-order valence-electron chi connectivity index (χ1n) is 25.6. The van der Waals surface area contributed by atoms with Gasteiger partial charge in [0.1, 0.15) is 17.7 Å². The minimum absolute atomic E-state index is 0.00785. The molecule has 0 bridgehead atoms. The maximum Gasteiger partial charge on any atom is 0.264 e. The number of piperazine rings is 1. The third-order valence-corrected chi connectivity index (χ3v) is 16.7. The van der Waals surface area contributed by atoms with E-state index in [0.29, 0.717) is 59.5 Å². The first-order chi connectivity index (χ1) is 34.9. The van der Waals surface area contributed by atoms with E-state index in [9.17, 15) is 18.4 Å². The van der Waals surface area contributed by atoms with E-state index in [-0.39, 0.29) is 46.4 Å². The van der Waals surface area contributed by atoms with Gasteiger partial charge in [0, 0.05) is 153 Å². The van der Waals surface area contributed by atoms with Gasteiger partial charge in [-0.1, -0.05) is 45.4 Å². The van der Waals surface area contributed by atoms with Gasteiger partial charge in [0.2, 0.25) is 11.9 Å². The molecule has 16 nitrogen and oxygen atoms in total. The molecule has 2 amide bonds. The highest BCUT2D eigenvalue weighted by Gasteiger charge is 2.64. The molecule has 1 saturated heterocycles. The Labute approximate surface area is 429 Å². The van der Waals surface area contributed by atoms with Crippen LogP contribution in [0.2, 0.25) is 5.02 Å². The topological polar surface area (TPSA) is 148 Å². The molecule has 19 heteroatoms. The highest BCUT2D eigenvalue weighted by molar-refractivity contribution is 6.31. The van der Waals surface area contributed by atoms with E-state index >= 15 is 0 Å². The SMILES string of the molecule is CC(=O)N1CCc2c(c(N3CCCc4cc(-c5cnn(C)c5)c(C(F)F)cc43)nn2C2CCn3c(cnc3CN3CCN(c4ncc(C(=O)NC5C(C)(C)C(Oc6ccc(C)c(Cl)c6)C5(C)C)cn4)CC3)C2)C1. The van der Waals surface area contributed by atoms with Crippen LogP contribution in [0.3, 0.4) is 0 Å². The Hall–Kier alpha value is -6.40. The zero-order valence-corrected chi connectivity index (χ0v) is 43.5. The van der Waals surface area contributed by atoms with Gasteiger partial charge in [0.15, 0.2) is 5.82 Å². The number of fused-ring (bicyclic) bond motifs is 3. The van der Waals surface area contributed by atoms with E-state index in [4.69, 9.17) is 26.4 Å². The van der Waals surface area contributed by atoms with Gasteiger partial charge in [-0.3, -0.25) is 23.9 Å². The third-order valence-electron chi connectivity index (χ3n) is 16.3. The molecule has 1 unspecified atom stereocenters. The lowest BCUT2D eigenvalue weighted by Gasteiger charge is -2.63. The number of carbonyl (C=O) groups is 2. The number of hydrogen-bond donors (Lipinski definition) is 1. The molecule has 1 atom stereocenters. The van der Waals surface area contributed by atoms with Crippen LogP contribution in [0.25, 0.3) is 11.1 Å². The van der Waals surface area contributed by atoms with Crippen LogP contribution < -0.4 is 19.9 Å². The smallest absolute Gasteiger partial charge is 0.264 e. The molecule has 4 aromatic heterocycles. The number of benzene rings is 2. The summed E-state index contributed by atoms with van der Waals surface area (Å²) in [6.45, 7) is 18.3. The van der Waals surface area contributed by atoms with Gasteiger partial charge in [0.25, 0.3) is 12.3 Å². The summed E-state index contributed by atoms with van der Waals surface area (Å²) in [6, 6.07) is 9.24. The van der Waals surface area contributed by atoms with Crippen molar-refractivity contribution in [2.75, 3.05) is 49.1 Å². The number of nitrogens with one attached hydrogen (secondary N) is 1. The minimum Gasteiger partial charge on any atom is -0.489 e. The van der Waals surface area contributed by atoms with Crippen molar-refractivity contribution in [3.05, 3.63) is 111 Å². The van der Waals surface area contributed by atoms with Gasteiger partial charge in [-0.25, -0.2) is 23.7 Å². The summed E-state index contributed by atoms with van der Waals surface area (Å²) in [5.74, 6) is 2.90. The summed E-state index contributed by atoms with van der Waals surface area (Å²) >= 11 is 6.39. The summed E-state index contributed by atoms with van der Waals surface area (Å²) in [6.07, 6.45) is 9.73. The zero-order valence-electron chi connectivity index (χ0n) is 42.7. The standard InChI is InChI=1S/C54H64ClF2N13O3/c1-32-10-11-39(23-43(32)55)73-51-53(3,4)50(54(51,5)6)62-49(72)35-25-59-52(60-26-35)66-19-17-65(18-20-66)31-46-58-28-38-22-37(12-16-68(38)46)70-44-13-15-67(33(2)71)30-42(44)48(63-70)69-14-8-9-34-21-40(36-27-61-64(7)29-36)41(47(56)57)24-45(34)69/h10-11,21,23-29,37,47,50-51H,8-9,12-20,22,30-31H2,1-7H3,(H,62,72). The molecule has 384 valence electrons. The molecule has 6 aromatic rings. The molecule has 8 heterocycles. The van der Waals surface area contributed by atoms with Gasteiger partial charge in [-0.15, -0.1) is 0 Å². The summed E-state index contributed by atoms with van der Waals surface area (Å²) in [5, 5.41) is 13.6. The first-order valence-corrected chi connectivity index (χ1v) is 26.0. The van der Waals surface area contributed by atoms with Crippen molar-refractivity contribution in [3.8, 4) is 16.9 Å². The fourth-order valence-corrected chi connectivity index (χ4v) is 12.8. The monoisotopic (exact) mass is 1020 g/mol. The predicted molar refractivity (Wildman–Crippen MR) is 274 cm³/mol. The van der Waals surface area contributed by atoms with Gasteiger partial charge in [-0.2, -0.15) is 10.2 Å². The van der Waals surface area contributed by atoms with Crippen molar-refractivity contribution in [3.63, 3.8) is 0 Å². The maximum atomic E-state index is 14.8. The fourth-order valence-electron chi connectivity index (χ4n) is 12.6. The first kappa shape index (κ1) is 48.8. The van der Waals surface area contributed by atoms with Crippen molar-refractivity contribution in [1.29, 1.82) is 0 Å². The largest absolute Gasteiger partial charge is 0.489 e. The number of carbonyl (C=O) groups excluding carboxylic acids is 2. The molecule has 11 rings (SSSR count). The Kier molecular flexibility index (Phi) is 12.6.